The van der Waals surface area contributed by atoms with Crippen molar-refractivity contribution >= 4 is 17.0 Å². The van der Waals surface area contributed by atoms with E-state index in [1.807, 2.05) is 0 Å². The van der Waals surface area contributed by atoms with Crippen molar-refractivity contribution in [3.05, 3.63) is 40.1 Å². The molecule has 2 heterocycles. The zero-order valence-corrected chi connectivity index (χ0v) is 9.94. The Morgan fingerprint density at radius 2 is 1.95 bits per heavy atom. The molecule has 0 aliphatic carbocycles. The van der Waals surface area contributed by atoms with Gasteiger partial charge in [-0.05, 0) is 25.1 Å². The standard InChI is InChI=1S/C12H10N4O3/c1-5-9(11(17)18)16-10(13-5)6-2-3-7-8(4-6)15-12(19)14-7/h2-4H,1H3,(H,13,16)(H,17,18)(H2,14,15,19). The Labute approximate surface area is 106 Å². The number of fused-ring (bicyclic) bond motifs is 1. The molecule has 0 saturated carbocycles. The summed E-state index contributed by atoms with van der Waals surface area (Å²) in [6.07, 6.45) is 0. The van der Waals surface area contributed by atoms with Gasteiger partial charge in [-0.2, -0.15) is 0 Å². The van der Waals surface area contributed by atoms with Crippen LogP contribution in [-0.2, 0) is 0 Å². The predicted octanol–water partition coefficient (Wildman–Crippen LogP) is 1.25. The SMILES string of the molecule is Cc1[nH]c(-c2ccc3[nH]c(=O)[nH]c3c2)nc1C(=O)O. The van der Waals surface area contributed by atoms with E-state index in [-0.39, 0.29) is 11.4 Å². The molecule has 0 unspecified atom stereocenters. The molecular formula is C12H10N4O3. The summed E-state index contributed by atoms with van der Waals surface area (Å²) in [5.41, 5.74) is 2.25. The van der Waals surface area contributed by atoms with Gasteiger partial charge >= 0.3 is 11.7 Å². The lowest BCUT2D eigenvalue weighted by molar-refractivity contribution is 0.0690. The number of benzene rings is 1. The van der Waals surface area contributed by atoms with Crippen LogP contribution in [0.15, 0.2) is 23.0 Å². The number of H-pyrrole nitrogens is 3. The van der Waals surface area contributed by atoms with Gasteiger partial charge in [0, 0.05) is 11.3 Å². The van der Waals surface area contributed by atoms with Gasteiger partial charge in [-0.3, -0.25) is 0 Å². The molecule has 3 rings (SSSR count). The second kappa shape index (κ2) is 3.84. The van der Waals surface area contributed by atoms with E-state index >= 15 is 0 Å². The maximum atomic E-state index is 11.2. The molecule has 0 spiro atoms. The molecule has 0 fully saturated rings. The number of aromatic carboxylic acids is 1. The number of hydrogen-bond acceptors (Lipinski definition) is 3. The molecule has 19 heavy (non-hydrogen) atoms. The van der Waals surface area contributed by atoms with Gasteiger partial charge in [0.15, 0.2) is 5.69 Å². The van der Waals surface area contributed by atoms with Gasteiger partial charge in [-0.25, -0.2) is 14.6 Å². The molecule has 0 radical (unpaired) electrons. The van der Waals surface area contributed by atoms with Gasteiger partial charge in [0.1, 0.15) is 5.82 Å². The van der Waals surface area contributed by atoms with Crippen molar-refractivity contribution in [3.63, 3.8) is 0 Å². The zero-order chi connectivity index (χ0) is 13.6. The van der Waals surface area contributed by atoms with Gasteiger partial charge in [-0.15, -0.1) is 0 Å². The number of aryl methyl sites for hydroxylation is 1. The van der Waals surface area contributed by atoms with Crippen molar-refractivity contribution < 1.29 is 9.90 Å². The fraction of sp³-hybridized carbons (Fsp3) is 0.0833. The molecule has 4 N–H and O–H groups in total. The highest BCUT2D eigenvalue weighted by Gasteiger charge is 2.14. The summed E-state index contributed by atoms with van der Waals surface area (Å²) in [5, 5.41) is 8.97. The number of nitrogens with zero attached hydrogens (tertiary/aromatic N) is 1. The van der Waals surface area contributed by atoms with Crippen molar-refractivity contribution in [2.24, 2.45) is 0 Å². The summed E-state index contributed by atoms with van der Waals surface area (Å²) in [6.45, 7) is 1.65. The first-order valence-corrected chi connectivity index (χ1v) is 5.57. The highest BCUT2D eigenvalue weighted by molar-refractivity contribution is 5.88. The minimum Gasteiger partial charge on any atom is -0.476 e. The monoisotopic (exact) mass is 258 g/mol. The second-order valence-electron chi connectivity index (χ2n) is 4.20. The first-order chi connectivity index (χ1) is 9.04. The quantitative estimate of drug-likeness (QED) is 0.553. The van der Waals surface area contributed by atoms with Crippen LogP contribution in [0.4, 0.5) is 0 Å². The van der Waals surface area contributed by atoms with Crippen molar-refractivity contribution in [1.29, 1.82) is 0 Å². The zero-order valence-electron chi connectivity index (χ0n) is 9.94. The third-order valence-electron chi connectivity index (χ3n) is 2.88. The van der Waals surface area contributed by atoms with Crippen LogP contribution in [0.2, 0.25) is 0 Å². The Bertz CT molecular complexity index is 840. The average molecular weight is 258 g/mol. The lowest BCUT2D eigenvalue weighted by Crippen LogP contribution is -1.99. The molecule has 96 valence electrons. The number of hydrogen-bond donors (Lipinski definition) is 4. The van der Waals surface area contributed by atoms with E-state index in [9.17, 15) is 9.59 Å². The number of imidazole rings is 2. The van der Waals surface area contributed by atoms with Gasteiger partial charge in [-0.1, -0.05) is 0 Å². The van der Waals surface area contributed by atoms with Crippen LogP contribution in [0.1, 0.15) is 16.2 Å². The Kier molecular flexibility index (Phi) is 2.28. The number of aromatic nitrogens is 4. The summed E-state index contributed by atoms with van der Waals surface area (Å²) >= 11 is 0. The third kappa shape index (κ3) is 1.81. The smallest absolute Gasteiger partial charge is 0.356 e. The fourth-order valence-corrected chi connectivity index (χ4v) is 1.99. The Balaban J connectivity index is 2.15. The number of rotatable bonds is 2. The van der Waals surface area contributed by atoms with Crippen molar-refractivity contribution in [2.75, 3.05) is 0 Å². The summed E-state index contributed by atoms with van der Waals surface area (Å²) in [6, 6.07) is 5.23. The molecule has 3 aromatic rings. The number of carboxylic acids is 1. The minimum atomic E-state index is -1.07. The van der Waals surface area contributed by atoms with Crippen molar-refractivity contribution in [1.82, 2.24) is 19.9 Å². The Morgan fingerprint density at radius 3 is 2.63 bits per heavy atom. The molecule has 0 amide bonds. The largest absolute Gasteiger partial charge is 0.476 e. The summed E-state index contributed by atoms with van der Waals surface area (Å²) in [4.78, 5) is 34.4. The van der Waals surface area contributed by atoms with E-state index in [0.717, 1.165) is 0 Å². The van der Waals surface area contributed by atoms with Crippen molar-refractivity contribution in [3.8, 4) is 11.4 Å². The molecule has 0 saturated heterocycles. The van der Waals surface area contributed by atoms with E-state index in [2.05, 4.69) is 19.9 Å². The molecule has 0 aliphatic heterocycles. The Hall–Kier alpha value is -2.83. The number of carbonyl (C=O) groups is 1. The molecule has 7 heteroatoms. The number of aromatic amines is 3. The predicted molar refractivity (Wildman–Crippen MR) is 68.2 cm³/mol. The molecule has 0 atom stereocenters. The normalized spacial score (nSPS) is 11.0. The number of carboxylic acid groups (broad SMARTS) is 1. The third-order valence-corrected chi connectivity index (χ3v) is 2.88. The van der Waals surface area contributed by atoms with E-state index in [0.29, 0.717) is 28.1 Å². The van der Waals surface area contributed by atoms with E-state index in [1.54, 1.807) is 25.1 Å². The second-order valence-corrected chi connectivity index (χ2v) is 4.20. The summed E-state index contributed by atoms with van der Waals surface area (Å²) in [5.74, 6) is -0.616. The fourth-order valence-electron chi connectivity index (χ4n) is 1.99. The maximum absolute atomic E-state index is 11.2. The van der Waals surface area contributed by atoms with Crippen LogP contribution in [0.5, 0.6) is 0 Å². The first-order valence-electron chi connectivity index (χ1n) is 5.57. The maximum Gasteiger partial charge on any atom is 0.356 e. The molecule has 1 aromatic carbocycles. The number of nitrogens with one attached hydrogen (secondary N) is 3. The van der Waals surface area contributed by atoms with Crippen LogP contribution in [0.3, 0.4) is 0 Å². The van der Waals surface area contributed by atoms with E-state index in [4.69, 9.17) is 5.11 Å². The molecule has 0 aliphatic rings. The van der Waals surface area contributed by atoms with E-state index in [1.165, 1.54) is 0 Å². The molecule has 0 bridgehead atoms. The summed E-state index contributed by atoms with van der Waals surface area (Å²) < 4.78 is 0. The minimum absolute atomic E-state index is 0.00217. The topological polar surface area (TPSA) is 115 Å². The van der Waals surface area contributed by atoms with Crippen LogP contribution in [-0.4, -0.2) is 31.0 Å². The first kappa shape index (κ1) is 11.3. The van der Waals surface area contributed by atoms with Gasteiger partial charge in [0.05, 0.1) is 11.0 Å². The van der Waals surface area contributed by atoms with Crippen LogP contribution in [0.25, 0.3) is 22.4 Å². The summed E-state index contributed by atoms with van der Waals surface area (Å²) in [7, 11) is 0. The van der Waals surface area contributed by atoms with Gasteiger partial charge in [0.25, 0.3) is 0 Å². The van der Waals surface area contributed by atoms with Gasteiger partial charge in [0.2, 0.25) is 0 Å². The molecular weight excluding hydrogens is 248 g/mol. The van der Waals surface area contributed by atoms with Crippen LogP contribution in [0, 0.1) is 6.92 Å². The molecule has 2 aromatic heterocycles. The van der Waals surface area contributed by atoms with Crippen LogP contribution < -0.4 is 5.69 Å². The highest BCUT2D eigenvalue weighted by Crippen LogP contribution is 2.21. The van der Waals surface area contributed by atoms with Gasteiger partial charge < -0.3 is 20.1 Å². The Morgan fingerprint density at radius 1 is 1.21 bits per heavy atom. The van der Waals surface area contributed by atoms with Crippen LogP contribution >= 0.6 is 0 Å². The lowest BCUT2D eigenvalue weighted by atomic mass is 10.2. The molecule has 7 nitrogen and oxygen atoms in total. The lowest BCUT2D eigenvalue weighted by Gasteiger charge is -1.96. The highest BCUT2D eigenvalue weighted by atomic mass is 16.4. The average Bonchev–Trinajstić information content (AvgIpc) is 2.89. The van der Waals surface area contributed by atoms with E-state index < -0.39 is 5.97 Å². The van der Waals surface area contributed by atoms with Crippen molar-refractivity contribution in [2.45, 2.75) is 6.92 Å².